The highest BCUT2D eigenvalue weighted by Crippen LogP contribution is 2.23. The minimum Gasteiger partial charge on any atom is -0.390 e. The van der Waals surface area contributed by atoms with Crippen molar-refractivity contribution in [3.63, 3.8) is 0 Å². The van der Waals surface area contributed by atoms with Crippen LogP contribution in [0.4, 0.5) is 8.78 Å². The molecule has 1 unspecified atom stereocenters. The van der Waals surface area contributed by atoms with Crippen LogP contribution in [-0.4, -0.2) is 30.2 Å². The zero-order valence-corrected chi connectivity index (χ0v) is 11.2. The molecule has 5 heteroatoms. The lowest BCUT2D eigenvalue weighted by Crippen LogP contribution is -2.18. The van der Waals surface area contributed by atoms with E-state index in [1.165, 1.54) is 0 Å². The molecule has 1 rings (SSSR count). The Morgan fingerprint density at radius 1 is 1.39 bits per heavy atom. The third-order valence-electron chi connectivity index (χ3n) is 2.28. The lowest BCUT2D eigenvalue weighted by Gasteiger charge is -2.11. The van der Waals surface area contributed by atoms with Crippen molar-refractivity contribution in [2.24, 2.45) is 0 Å². The van der Waals surface area contributed by atoms with Crippen LogP contribution in [-0.2, 0) is 4.74 Å². The molecule has 0 aliphatic carbocycles. The van der Waals surface area contributed by atoms with Crippen molar-refractivity contribution in [1.82, 2.24) is 0 Å². The van der Waals surface area contributed by atoms with Crippen molar-refractivity contribution in [1.29, 1.82) is 0 Å². The molecule has 2 nitrogen and oxygen atoms in total. The van der Waals surface area contributed by atoms with Crippen LogP contribution < -0.4 is 0 Å². The molecular formula is C13H18F2O2S. The number of aliphatic hydroxyl groups excluding tert-OH is 1. The number of hydrogen-bond donors (Lipinski definition) is 1. The van der Waals surface area contributed by atoms with Gasteiger partial charge in [0.15, 0.2) is 0 Å². The molecule has 1 atom stereocenters. The highest BCUT2D eigenvalue weighted by molar-refractivity contribution is 7.99. The lowest BCUT2D eigenvalue weighted by atomic mass is 10.3. The highest BCUT2D eigenvalue weighted by Gasteiger charge is 2.09. The first-order chi connectivity index (χ1) is 8.63. The van der Waals surface area contributed by atoms with Gasteiger partial charge in [-0.1, -0.05) is 13.3 Å². The maximum Gasteiger partial charge on any atom is 0.136 e. The smallest absolute Gasteiger partial charge is 0.136 e. The first-order valence-corrected chi connectivity index (χ1v) is 6.95. The fraction of sp³-hybridized carbons (Fsp3) is 0.538. The zero-order chi connectivity index (χ0) is 13.4. The molecule has 0 saturated heterocycles. The number of benzene rings is 1. The van der Waals surface area contributed by atoms with E-state index in [-0.39, 0.29) is 17.3 Å². The van der Waals surface area contributed by atoms with Crippen LogP contribution in [0.2, 0.25) is 0 Å². The van der Waals surface area contributed by atoms with Gasteiger partial charge in [0, 0.05) is 17.3 Å². The van der Waals surface area contributed by atoms with Crippen molar-refractivity contribution < 1.29 is 18.6 Å². The van der Waals surface area contributed by atoms with E-state index in [1.54, 1.807) is 0 Å². The molecule has 102 valence electrons. The molecule has 1 N–H and O–H groups in total. The number of aliphatic hydroxyl groups is 1. The van der Waals surface area contributed by atoms with Crippen LogP contribution in [0.1, 0.15) is 19.8 Å². The number of hydrogen-bond acceptors (Lipinski definition) is 3. The van der Waals surface area contributed by atoms with Gasteiger partial charge in [0.2, 0.25) is 0 Å². The van der Waals surface area contributed by atoms with E-state index in [4.69, 9.17) is 4.74 Å². The largest absolute Gasteiger partial charge is 0.390 e. The molecule has 1 aromatic carbocycles. The standard InChI is InChI=1S/C13H18F2O2S/c1-2-3-6-17-8-11(16)9-18-13-7-10(14)4-5-12(13)15/h4-5,7,11,16H,2-3,6,8-9H2,1H3. The Balaban J connectivity index is 2.29. The van der Waals surface area contributed by atoms with E-state index in [0.29, 0.717) is 6.61 Å². The molecule has 0 bridgehead atoms. The Labute approximate surface area is 110 Å². The second-order valence-corrected chi connectivity index (χ2v) is 5.03. The van der Waals surface area contributed by atoms with E-state index in [1.807, 2.05) is 0 Å². The molecule has 1 aromatic rings. The average Bonchev–Trinajstić information content (AvgIpc) is 2.36. The summed E-state index contributed by atoms with van der Waals surface area (Å²) in [6.07, 6.45) is 1.33. The summed E-state index contributed by atoms with van der Waals surface area (Å²) in [5.74, 6) is -0.667. The molecule has 0 fully saturated rings. The van der Waals surface area contributed by atoms with Crippen molar-refractivity contribution in [2.45, 2.75) is 30.8 Å². The van der Waals surface area contributed by atoms with Crippen LogP contribution >= 0.6 is 11.8 Å². The van der Waals surface area contributed by atoms with Crippen LogP contribution in [0.3, 0.4) is 0 Å². The van der Waals surface area contributed by atoms with E-state index >= 15 is 0 Å². The van der Waals surface area contributed by atoms with Gasteiger partial charge in [0.05, 0.1) is 12.7 Å². The highest BCUT2D eigenvalue weighted by atomic mass is 32.2. The van der Waals surface area contributed by atoms with Gasteiger partial charge in [0.25, 0.3) is 0 Å². The van der Waals surface area contributed by atoms with Crippen molar-refractivity contribution >= 4 is 11.8 Å². The van der Waals surface area contributed by atoms with Crippen molar-refractivity contribution in [3.8, 4) is 0 Å². The van der Waals surface area contributed by atoms with Gasteiger partial charge in [-0.05, 0) is 24.6 Å². The Morgan fingerprint density at radius 2 is 2.17 bits per heavy atom. The van der Waals surface area contributed by atoms with Crippen molar-refractivity contribution in [3.05, 3.63) is 29.8 Å². The molecule has 0 amide bonds. The average molecular weight is 276 g/mol. The zero-order valence-electron chi connectivity index (χ0n) is 10.4. The predicted octanol–water partition coefficient (Wildman–Crippen LogP) is 3.23. The first kappa shape index (κ1) is 15.4. The number of rotatable bonds is 8. The van der Waals surface area contributed by atoms with Gasteiger partial charge in [0.1, 0.15) is 11.6 Å². The number of ether oxygens (including phenoxy) is 1. The fourth-order valence-electron chi connectivity index (χ4n) is 1.29. The summed E-state index contributed by atoms with van der Waals surface area (Å²) in [5, 5.41) is 9.61. The monoisotopic (exact) mass is 276 g/mol. The lowest BCUT2D eigenvalue weighted by molar-refractivity contribution is 0.0473. The maximum absolute atomic E-state index is 13.3. The van der Waals surface area contributed by atoms with Crippen LogP contribution in [0, 0.1) is 11.6 Å². The molecular weight excluding hydrogens is 258 g/mol. The number of thioether (sulfide) groups is 1. The summed E-state index contributed by atoms with van der Waals surface area (Å²) < 4.78 is 31.4. The molecule has 0 aliphatic rings. The molecule has 18 heavy (non-hydrogen) atoms. The molecule has 0 radical (unpaired) electrons. The fourth-order valence-corrected chi connectivity index (χ4v) is 2.16. The molecule has 0 spiro atoms. The summed E-state index contributed by atoms with van der Waals surface area (Å²) in [6.45, 7) is 2.90. The van der Waals surface area contributed by atoms with Crippen LogP contribution in [0.5, 0.6) is 0 Å². The first-order valence-electron chi connectivity index (χ1n) is 5.97. The summed E-state index contributed by atoms with van der Waals surface area (Å²) >= 11 is 1.09. The minimum absolute atomic E-state index is 0.211. The molecule has 0 aromatic heterocycles. The second kappa shape index (κ2) is 8.45. The quantitative estimate of drug-likeness (QED) is 0.584. The molecule has 0 saturated carbocycles. The van der Waals surface area contributed by atoms with Gasteiger partial charge in [-0.25, -0.2) is 8.78 Å². The summed E-state index contributed by atoms with van der Waals surface area (Å²) in [5.41, 5.74) is 0. The van der Waals surface area contributed by atoms with Crippen molar-refractivity contribution in [2.75, 3.05) is 19.0 Å². The van der Waals surface area contributed by atoms with Gasteiger partial charge in [-0.15, -0.1) is 11.8 Å². The molecule has 0 aliphatic heterocycles. The summed E-state index contributed by atoms with van der Waals surface area (Å²) in [7, 11) is 0. The summed E-state index contributed by atoms with van der Waals surface area (Å²) in [4.78, 5) is 0.211. The number of halogens is 2. The van der Waals surface area contributed by atoms with Gasteiger partial charge < -0.3 is 9.84 Å². The Hall–Kier alpha value is -0.650. The summed E-state index contributed by atoms with van der Waals surface area (Å²) in [6, 6.07) is 3.29. The van der Waals surface area contributed by atoms with E-state index in [0.717, 1.165) is 42.8 Å². The second-order valence-electron chi connectivity index (χ2n) is 3.97. The maximum atomic E-state index is 13.3. The van der Waals surface area contributed by atoms with E-state index < -0.39 is 17.7 Å². The van der Waals surface area contributed by atoms with Gasteiger partial charge >= 0.3 is 0 Å². The SMILES string of the molecule is CCCCOCC(O)CSc1cc(F)ccc1F. The molecule has 0 heterocycles. The topological polar surface area (TPSA) is 29.5 Å². The Morgan fingerprint density at radius 3 is 2.89 bits per heavy atom. The third kappa shape index (κ3) is 5.80. The third-order valence-corrected chi connectivity index (χ3v) is 3.45. The van der Waals surface area contributed by atoms with E-state index in [9.17, 15) is 13.9 Å². The minimum atomic E-state index is -0.672. The Kier molecular flexibility index (Phi) is 7.23. The normalized spacial score (nSPS) is 12.7. The van der Waals surface area contributed by atoms with Crippen LogP contribution in [0.25, 0.3) is 0 Å². The van der Waals surface area contributed by atoms with Crippen LogP contribution in [0.15, 0.2) is 23.1 Å². The number of unbranched alkanes of at least 4 members (excludes halogenated alkanes) is 1. The van der Waals surface area contributed by atoms with Gasteiger partial charge in [-0.3, -0.25) is 0 Å². The van der Waals surface area contributed by atoms with Gasteiger partial charge in [-0.2, -0.15) is 0 Å². The predicted molar refractivity (Wildman–Crippen MR) is 68.8 cm³/mol. The van der Waals surface area contributed by atoms with E-state index in [2.05, 4.69) is 6.92 Å². The Bertz CT molecular complexity index is 361.